The molecule has 0 radical (unpaired) electrons. The molecule has 20 heavy (non-hydrogen) atoms. The Morgan fingerprint density at radius 1 is 1.25 bits per heavy atom. The van der Waals surface area contributed by atoms with E-state index in [-0.39, 0.29) is 5.96 Å². The van der Waals surface area contributed by atoms with Crippen molar-refractivity contribution in [3.05, 3.63) is 22.7 Å². The second-order valence-electron chi connectivity index (χ2n) is 3.87. The number of rotatable bonds is 7. The average molecular weight is 299 g/mol. The number of ether oxygens (including phenoxy) is 2. The Morgan fingerprint density at radius 2 is 1.95 bits per heavy atom. The van der Waals surface area contributed by atoms with Crippen molar-refractivity contribution in [2.75, 3.05) is 13.2 Å². The second-order valence-corrected chi connectivity index (χ2v) is 4.28. The summed E-state index contributed by atoms with van der Waals surface area (Å²) in [6.45, 7) is 5.04. The van der Waals surface area contributed by atoms with Crippen molar-refractivity contribution in [3.8, 4) is 11.5 Å². The Kier molecular flexibility index (Phi) is 6.66. The highest BCUT2D eigenvalue weighted by molar-refractivity contribution is 6.33. The van der Waals surface area contributed by atoms with Gasteiger partial charge in [0.2, 0.25) is 5.96 Å². The third-order valence-corrected chi connectivity index (χ3v) is 2.52. The Balaban J connectivity index is 3.05. The van der Waals surface area contributed by atoms with Gasteiger partial charge in [-0.3, -0.25) is 0 Å². The smallest absolute Gasteiger partial charge is 0.211 e. The van der Waals surface area contributed by atoms with Gasteiger partial charge in [-0.15, -0.1) is 5.10 Å². The molecule has 0 aliphatic carbocycles. The molecule has 1 aromatic rings. The van der Waals surface area contributed by atoms with Crippen LogP contribution in [-0.4, -0.2) is 25.4 Å². The fourth-order valence-electron chi connectivity index (χ4n) is 1.40. The van der Waals surface area contributed by atoms with Crippen LogP contribution in [0.25, 0.3) is 0 Å². The van der Waals surface area contributed by atoms with Gasteiger partial charge in [0.25, 0.3) is 0 Å². The van der Waals surface area contributed by atoms with Crippen molar-refractivity contribution in [2.24, 2.45) is 21.7 Å². The molecule has 0 bridgehead atoms. The van der Waals surface area contributed by atoms with E-state index >= 15 is 0 Å². The number of guanidine groups is 1. The predicted octanol–water partition coefficient (Wildman–Crippen LogP) is 2.13. The summed E-state index contributed by atoms with van der Waals surface area (Å²) in [6, 6.07) is 3.43. The van der Waals surface area contributed by atoms with Gasteiger partial charge >= 0.3 is 0 Å². The van der Waals surface area contributed by atoms with E-state index < -0.39 is 0 Å². The molecule has 0 heterocycles. The molecule has 0 atom stereocenters. The van der Waals surface area contributed by atoms with Gasteiger partial charge in [0, 0.05) is 11.6 Å². The molecule has 0 saturated heterocycles. The maximum Gasteiger partial charge on any atom is 0.211 e. The lowest BCUT2D eigenvalue weighted by atomic mass is 10.2. The van der Waals surface area contributed by atoms with Crippen LogP contribution < -0.4 is 20.9 Å². The maximum absolute atomic E-state index is 6.16. The van der Waals surface area contributed by atoms with Gasteiger partial charge in [-0.05, 0) is 19.4 Å². The molecule has 0 aromatic heterocycles. The van der Waals surface area contributed by atoms with Crippen LogP contribution in [0, 0.1) is 0 Å². The molecule has 0 unspecified atom stereocenters. The maximum atomic E-state index is 6.16. The Morgan fingerprint density at radius 3 is 2.55 bits per heavy atom. The molecule has 4 N–H and O–H groups in total. The zero-order chi connectivity index (χ0) is 15.0. The van der Waals surface area contributed by atoms with Gasteiger partial charge in [-0.25, -0.2) is 0 Å². The van der Waals surface area contributed by atoms with E-state index in [1.807, 2.05) is 13.8 Å². The monoisotopic (exact) mass is 298 g/mol. The standard InChI is InChI=1S/C13H19ClN4O2/c1-3-5-20-12-7-10(14)9(6-11(12)19-4-2)8-17-18-13(15)16/h6-8H,3-5H2,1-2H3,(H4,15,16,18). The summed E-state index contributed by atoms with van der Waals surface area (Å²) in [5.74, 6) is 1.10. The molecule has 0 aliphatic heterocycles. The molecule has 0 amide bonds. The highest BCUT2D eigenvalue weighted by atomic mass is 35.5. The first-order valence-corrected chi connectivity index (χ1v) is 6.67. The Labute approximate surface area is 123 Å². The third kappa shape index (κ3) is 4.97. The van der Waals surface area contributed by atoms with Crippen molar-refractivity contribution in [1.29, 1.82) is 0 Å². The van der Waals surface area contributed by atoms with Crippen molar-refractivity contribution in [2.45, 2.75) is 20.3 Å². The zero-order valence-electron chi connectivity index (χ0n) is 11.6. The number of hydrogen-bond acceptors (Lipinski definition) is 4. The van der Waals surface area contributed by atoms with Gasteiger partial charge in [0.1, 0.15) is 0 Å². The highest BCUT2D eigenvalue weighted by Crippen LogP contribution is 2.33. The van der Waals surface area contributed by atoms with E-state index in [4.69, 9.17) is 32.5 Å². The van der Waals surface area contributed by atoms with E-state index in [0.29, 0.717) is 35.3 Å². The van der Waals surface area contributed by atoms with E-state index in [1.165, 1.54) is 6.21 Å². The first-order chi connectivity index (χ1) is 9.58. The summed E-state index contributed by atoms with van der Waals surface area (Å²) in [7, 11) is 0. The Hall–Kier alpha value is -1.95. The minimum atomic E-state index is -0.120. The number of benzene rings is 1. The minimum Gasteiger partial charge on any atom is -0.490 e. The lowest BCUT2D eigenvalue weighted by molar-refractivity contribution is 0.277. The quantitative estimate of drug-likeness (QED) is 0.458. The van der Waals surface area contributed by atoms with Gasteiger partial charge in [0.05, 0.1) is 24.5 Å². The normalized spacial score (nSPS) is 10.6. The number of nitrogens with two attached hydrogens (primary N) is 2. The molecule has 1 rings (SSSR count). The predicted molar refractivity (Wildman–Crippen MR) is 81.8 cm³/mol. The summed E-state index contributed by atoms with van der Waals surface area (Å²) < 4.78 is 11.1. The summed E-state index contributed by atoms with van der Waals surface area (Å²) >= 11 is 6.16. The second kappa shape index (κ2) is 8.27. The molecular formula is C13H19ClN4O2. The van der Waals surface area contributed by atoms with Crippen LogP contribution in [0.15, 0.2) is 22.3 Å². The fourth-order valence-corrected chi connectivity index (χ4v) is 1.60. The largest absolute Gasteiger partial charge is 0.490 e. The third-order valence-electron chi connectivity index (χ3n) is 2.19. The molecule has 6 nitrogen and oxygen atoms in total. The van der Waals surface area contributed by atoms with Crippen LogP contribution in [0.4, 0.5) is 0 Å². The van der Waals surface area contributed by atoms with Gasteiger partial charge in [-0.2, -0.15) is 5.10 Å². The molecular weight excluding hydrogens is 280 g/mol. The summed E-state index contributed by atoms with van der Waals surface area (Å²) in [5, 5.41) is 7.73. The molecule has 110 valence electrons. The molecule has 1 aromatic carbocycles. The van der Waals surface area contributed by atoms with Gasteiger partial charge < -0.3 is 20.9 Å². The van der Waals surface area contributed by atoms with Crippen LogP contribution in [-0.2, 0) is 0 Å². The van der Waals surface area contributed by atoms with Crippen molar-refractivity contribution in [1.82, 2.24) is 0 Å². The SMILES string of the molecule is CCCOc1cc(Cl)c(C=NN=C(N)N)cc1OCC. The fraction of sp³-hybridized carbons (Fsp3) is 0.385. The average Bonchev–Trinajstić information content (AvgIpc) is 2.40. The Bertz CT molecular complexity index is 499. The van der Waals surface area contributed by atoms with Gasteiger partial charge in [-0.1, -0.05) is 18.5 Å². The van der Waals surface area contributed by atoms with Gasteiger partial charge in [0.15, 0.2) is 11.5 Å². The van der Waals surface area contributed by atoms with E-state index in [1.54, 1.807) is 12.1 Å². The topological polar surface area (TPSA) is 95.2 Å². The molecule has 0 aliphatic rings. The lowest BCUT2D eigenvalue weighted by Crippen LogP contribution is -2.21. The number of halogens is 1. The minimum absolute atomic E-state index is 0.120. The molecule has 7 heteroatoms. The first-order valence-electron chi connectivity index (χ1n) is 6.29. The highest BCUT2D eigenvalue weighted by Gasteiger charge is 2.10. The van der Waals surface area contributed by atoms with Crippen LogP contribution in [0.5, 0.6) is 11.5 Å². The summed E-state index contributed by atoms with van der Waals surface area (Å²) in [5.41, 5.74) is 11.0. The van der Waals surface area contributed by atoms with Crippen molar-refractivity contribution < 1.29 is 9.47 Å². The van der Waals surface area contributed by atoms with Crippen LogP contribution >= 0.6 is 11.6 Å². The van der Waals surface area contributed by atoms with Crippen LogP contribution in [0.2, 0.25) is 5.02 Å². The first kappa shape index (κ1) is 16.1. The van der Waals surface area contributed by atoms with Crippen molar-refractivity contribution in [3.63, 3.8) is 0 Å². The van der Waals surface area contributed by atoms with Crippen LogP contribution in [0.3, 0.4) is 0 Å². The van der Waals surface area contributed by atoms with E-state index in [0.717, 1.165) is 6.42 Å². The van der Waals surface area contributed by atoms with E-state index in [2.05, 4.69) is 10.2 Å². The lowest BCUT2D eigenvalue weighted by Gasteiger charge is -2.13. The van der Waals surface area contributed by atoms with Crippen molar-refractivity contribution >= 4 is 23.8 Å². The number of hydrogen-bond donors (Lipinski definition) is 2. The zero-order valence-corrected chi connectivity index (χ0v) is 12.4. The van der Waals surface area contributed by atoms with E-state index in [9.17, 15) is 0 Å². The van der Waals surface area contributed by atoms with Crippen LogP contribution in [0.1, 0.15) is 25.8 Å². The summed E-state index contributed by atoms with van der Waals surface area (Å²) in [6.07, 6.45) is 2.35. The molecule has 0 fully saturated rings. The molecule has 0 spiro atoms. The number of nitrogens with zero attached hydrogens (tertiary/aromatic N) is 2. The summed E-state index contributed by atoms with van der Waals surface area (Å²) in [4.78, 5) is 0. The molecule has 0 saturated carbocycles.